The van der Waals surface area contributed by atoms with Crippen LogP contribution in [-0.4, -0.2) is 118 Å². The van der Waals surface area contributed by atoms with Crippen LogP contribution in [0.2, 0.25) is 0 Å². The van der Waals surface area contributed by atoms with Crippen molar-refractivity contribution in [3.63, 3.8) is 0 Å². The predicted octanol–water partition coefficient (Wildman–Crippen LogP) is 0.857. The summed E-state index contributed by atoms with van der Waals surface area (Å²) in [5, 5.41) is 28.0. The van der Waals surface area contributed by atoms with Crippen molar-refractivity contribution in [1.29, 1.82) is 0 Å². The molecule has 3 N–H and O–H groups in total. The average Bonchev–Trinajstić information content (AvgIpc) is 2.55. The van der Waals surface area contributed by atoms with Crippen LogP contribution in [0.4, 0.5) is 14.4 Å². The van der Waals surface area contributed by atoms with E-state index in [1.165, 1.54) is 0 Å². The molecule has 0 aromatic rings. The van der Waals surface area contributed by atoms with Crippen LogP contribution in [0.1, 0.15) is 20.8 Å². The van der Waals surface area contributed by atoms with Crippen LogP contribution in [0.15, 0.2) is 0 Å². The zero-order chi connectivity index (χ0) is 21.5. The van der Waals surface area contributed by atoms with E-state index in [0.29, 0.717) is 0 Å². The van der Waals surface area contributed by atoms with Gasteiger partial charge in [-0.25, -0.2) is 14.4 Å². The van der Waals surface area contributed by atoms with Gasteiger partial charge in [0.2, 0.25) is 0 Å². The molecule has 160 valence electrons. The zero-order valence-electron chi connectivity index (χ0n) is 16.6. The maximum atomic E-state index is 12.4. The van der Waals surface area contributed by atoms with E-state index in [1.54, 1.807) is 25.7 Å². The molecule has 1 aliphatic rings. The van der Waals surface area contributed by atoms with Crippen LogP contribution < -0.4 is 0 Å². The van der Waals surface area contributed by atoms with Gasteiger partial charge in [0.15, 0.2) is 5.78 Å². The molecule has 1 saturated heterocycles. The van der Waals surface area contributed by atoms with Gasteiger partial charge in [0.25, 0.3) is 0 Å². The van der Waals surface area contributed by atoms with Crippen LogP contribution in [0.5, 0.6) is 0 Å². The number of carbonyl (C=O) groups excluding carboxylic acids is 1. The Bertz CT molecular complexity index is 561. The van der Waals surface area contributed by atoms with Crippen LogP contribution in [-0.2, 0) is 4.79 Å². The number of ketones is 1. The minimum Gasteiger partial charge on any atom is -0.465 e. The second-order valence-electron chi connectivity index (χ2n) is 7.76. The highest BCUT2D eigenvalue weighted by atomic mass is 16.4. The Hall–Kier alpha value is -2.56. The highest BCUT2D eigenvalue weighted by molar-refractivity contribution is 5.85. The van der Waals surface area contributed by atoms with Crippen molar-refractivity contribution < 1.29 is 34.5 Å². The fraction of sp³-hybridized carbons (Fsp3) is 0.765. The number of carbonyl (C=O) groups is 4. The Labute approximate surface area is 164 Å². The summed E-state index contributed by atoms with van der Waals surface area (Å²) in [6.07, 6.45) is -3.57. The molecule has 28 heavy (non-hydrogen) atoms. The van der Waals surface area contributed by atoms with E-state index >= 15 is 0 Å². The first kappa shape index (κ1) is 23.5. The number of nitrogens with zero attached hydrogens (tertiary/aromatic N) is 4. The number of carboxylic acid groups (broad SMARTS) is 3. The summed E-state index contributed by atoms with van der Waals surface area (Å²) < 4.78 is 0. The van der Waals surface area contributed by atoms with Gasteiger partial charge in [-0.2, -0.15) is 0 Å². The summed E-state index contributed by atoms with van der Waals surface area (Å²) in [6.45, 7) is 5.95. The smallest absolute Gasteiger partial charge is 0.407 e. The van der Waals surface area contributed by atoms with Gasteiger partial charge in [-0.05, 0) is 0 Å². The molecule has 0 saturated carbocycles. The molecule has 11 nitrogen and oxygen atoms in total. The average molecular weight is 402 g/mol. The predicted molar refractivity (Wildman–Crippen MR) is 99.7 cm³/mol. The first-order valence-electron chi connectivity index (χ1n) is 9.11. The molecule has 0 aromatic carbocycles. The van der Waals surface area contributed by atoms with Crippen molar-refractivity contribution in [3.05, 3.63) is 0 Å². The topological polar surface area (TPSA) is 142 Å². The number of amides is 3. The molecule has 3 amide bonds. The Morgan fingerprint density at radius 3 is 1.18 bits per heavy atom. The third-order valence-electron chi connectivity index (χ3n) is 4.67. The standard InChI is InChI=1S/C17H30N4O7/c1-17(2,3)13(22)12-18-4-6-19(14(23)24)8-10-21(16(27)28)11-9-20(7-5-18)15(25)26/h4-12H2,1-3H3,(H,23,24)(H,25,26)(H,27,28). The van der Waals surface area contributed by atoms with Crippen LogP contribution in [0, 0.1) is 5.41 Å². The van der Waals surface area contributed by atoms with Gasteiger partial charge in [-0.3, -0.25) is 9.69 Å². The van der Waals surface area contributed by atoms with Crippen molar-refractivity contribution in [3.8, 4) is 0 Å². The second-order valence-corrected chi connectivity index (χ2v) is 7.76. The largest absolute Gasteiger partial charge is 0.465 e. The van der Waals surface area contributed by atoms with E-state index in [1.807, 2.05) is 0 Å². The molecule has 1 aliphatic heterocycles. The maximum Gasteiger partial charge on any atom is 0.407 e. The molecular weight excluding hydrogens is 372 g/mol. The highest BCUT2D eigenvalue weighted by Crippen LogP contribution is 2.15. The third kappa shape index (κ3) is 7.59. The zero-order valence-corrected chi connectivity index (χ0v) is 16.6. The molecule has 11 heteroatoms. The SMILES string of the molecule is CC(C)(C)C(=O)CN1CCN(C(=O)O)CCN(C(=O)O)CCN(C(=O)O)CC1. The minimum atomic E-state index is -1.23. The van der Waals surface area contributed by atoms with Crippen LogP contribution in [0.3, 0.4) is 0 Å². The maximum absolute atomic E-state index is 12.4. The molecule has 1 rings (SSSR count). The highest BCUT2D eigenvalue weighted by Gasteiger charge is 2.26. The molecule has 0 unspecified atom stereocenters. The Morgan fingerprint density at radius 1 is 0.643 bits per heavy atom. The summed E-state index contributed by atoms with van der Waals surface area (Å²) in [6, 6.07) is 0. The molecule has 0 spiro atoms. The fourth-order valence-electron chi connectivity index (χ4n) is 2.63. The number of hydrogen-bond acceptors (Lipinski definition) is 5. The van der Waals surface area contributed by atoms with Crippen molar-refractivity contribution >= 4 is 24.1 Å². The lowest BCUT2D eigenvalue weighted by atomic mass is 9.90. The molecule has 0 aliphatic carbocycles. The summed E-state index contributed by atoms with van der Waals surface area (Å²) >= 11 is 0. The van der Waals surface area contributed by atoms with Crippen molar-refractivity contribution in [2.75, 3.05) is 58.9 Å². The van der Waals surface area contributed by atoms with Gasteiger partial charge in [0.05, 0.1) is 6.54 Å². The number of hydrogen-bond donors (Lipinski definition) is 3. The lowest BCUT2D eigenvalue weighted by molar-refractivity contribution is -0.127. The summed E-state index contributed by atoms with van der Waals surface area (Å²) in [7, 11) is 0. The van der Waals surface area contributed by atoms with Crippen molar-refractivity contribution in [2.45, 2.75) is 20.8 Å². The van der Waals surface area contributed by atoms with E-state index in [-0.39, 0.29) is 64.7 Å². The molecule has 1 fully saturated rings. The second kappa shape index (κ2) is 10.1. The van der Waals surface area contributed by atoms with Gasteiger partial charge >= 0.3 is 18.3 Å². The molecule has 0 radical (unpaired) electrons. The molecule has 1 heterocycles. The minimum absolute atomic E-state index is 0.0274. The summed E-state index contributed by atoms with van der Waals surface area (Å²) in [5.74, 6) is -0.0274. The monoisotopic (exact) mass is 402 g/mol. The Balaban J connectivity index is 2.97. The Kier molecular flexibility index (Phi) is 8.48. The normalized spacial score (nSPS) is 18.2. The summed E-state index contributed by atoms with van der Waals surface area (Å²) in [5.41, 5.74) is -0.565. The van der Waals surface area contributed by atoms with Gasteiger partial charge < -0.3 is 30.0 Å². The van der Waals surface area contributed by atoms with Gasteiger partial charge in [-0.1, -0.05) is 20.8 Å². The first-order chi connectivity index (χ1) is 12.9. The summed E-state index contributed by atoms with van der Waals surface area (Å²) in [4.78, 5) is 51.6. The van der Waals surface area contributed by atoms with Gasteiger partial charge in [0.1, 0.15) is 0 Å². The van der Waals surface area contributed by atoms with E-state index in [2.05, 4.69) is 0 Å². The lowest BCUT2D eigenvalue weighted by Crippen LogP contribution is -2.50. The molecular formula is C17H30N4O7. The van der Waals surface area contributed by atoms with Crippen LogP contribution in [0.25, 0.3) is 0 Å². The first-order valence-corrected chi connectivity index (χ1v) is 9.11. The van der Waals surface area contributed by atoms with Gasteiger partial charge in [0, 0.05) is 57.8 Å². The quantitative estimate of drug-likeness (QED) is 0.617. The molecule has 0 atom stereocenters. The van der Waals surface area contributed by atoms with Gasteiger partial charge in [-0.15, -0.1) is 0 Å². The third-order valence-corrected chi connectivity index (χ3v) is 4.67. The molecule has 0 aromatic heterocycles. The van der Waals surface area contributed by atoms with Crippen LogP contribution >= 0.6 is 0 Å². The van der Waals surface area contributed by atoms with Crippen molar-refractivity contribution in [2.24, 2.45) is 5.41 Å². The van der Waals surface area contributed by atoms with E-state index in [9.17, 15) is 34.5 Å². The fourth-order valence-corrected chi connectivity index (χ4v) is 2.63. The van der Waals surface area contributed by atoms with Crippen molar-refractivity contribution in [1.82, 2.24) is 19.6 Å². The molecule has 0 bridgehead atoms. The Morgan fingerprint density at radius 2 is 0.929 bits per heavy atom. The number of Topliss-reactive ketones (excluding diaryl/α,β-unsaturated/α-hetero) is 1. The van der Waals surface area contributed by atoms with E-state index < -0.39 is 23.7 Å². The van der Waals surface area contributed by atoms with E-state index in [4.69, 9.17) is 0 Å². The lowest BCUT2D eigenvalue weighted by Gasteiger charge is -2.32. The van der Waals surface area contributed by atoms with E-state index in [0.717, 1.165) is 14.7 Å². The number of rotatable bonds is 2.